The fourth-order valence-corrected chi connectivity index (χ4v) is 4.31. The maximum Gasteiger partial charge on any atom is 0.276 e. The highest BCUT2D eigenvalue weighted by Crippen LogP contribution is 2.32. The van der Waals surface area contributed by atoms with Crippen LogP contribution >= 0.6 is 31.9 Å². The molecule has 0 unspecified atom stereocenters. The Labute approximate surface area is 197 Å². The maximum atomic E-state index is 12.5. The number of carbonyl (C=O) groups excluding carboxylic acids is 2. The van der Waals surface area contributed by atoms with Crippen LogP contribution in [0.1, 0.15) is 21.5 Å². The molecule has 0 atom stereocenters. The zero-order chi connectivity index (χ0) is 22.2. The van der Waals surface area contributed by atoms with E-state index >= 15 is 0 Å². The summed E-state index contributed by atoms with van der Waals surface area (Å²) >= 11 is 6.81. The van der Waals surface area contributed by atoms with Gasteiger partial charge in [0.25, 0.3) is 11.8 Å². The molecule has 6 nitrogen and oxygen atoms in total. The second-order valence-corrected chi connectivity index (χ2v) is 8.37. The molecule has 0 fully saturated rings. The molecule has 0 spiro atoms. The van der Waals surface area contributed by atoms with Gasteiger partial charge in [-0.3, -0.25) is 20.4 Å². The third-order valence-electron chi connectivity index (χ3n) is 4.23. The van der Waals surface area contributed by atoms with Gasteiger partial charge in [-0.25, -0.2) is 0 Å². The summed E-state index contributed by atoms with van der Waals surface area (Å²) in [5, 5.41) is 0. The number of carbonyl (C=O) groups is 2. The van der Waals surface area contributed by atoms with Crippen LogP contribution in [0, 0.1) is 6.92 Å². The fraction of sp³-hybridized carbons (Fsp3) is 0.130. The lowest BCUT2D eigenvalue weighted by molar-refractivity contribution is -0.123. The number of hydrazine groups is 1. The molecule has 3 aromatic carbocycles. The van der Waals surface area contributed by atoms with Crippen molar-refractivity contribution in [2.45, 2.75) is 13.5 Å². The Hall–Kier alpha value is -2.84. The number of aryl methyl sites for hydroxylation is 1. The van der Waals surface area contributed by atoms with Crippen molar-refractivity contribution in [2.75, 3.05) is 6.61 Å². The molecule has 0 saturated heterocycles. The van der Waals surface area contributed by atoms with E-state index in [4.69, 9.17) is 9.47 Å². The Morgan fingerprint density at radius 1 is 0.903 bits per heavy atom. The molecule has 31 heavy (non-hydrogen) atoms. The molecular formula is C23H20Br2N2O4. The van der Waals surface area contributed by atoms with Gasteiger partial charge < -0.3 is 9.47 Å². The zero-order valence-electron chi connectivity index (χ0n) is 16.7. The van der Waals surface area contributed by atoms with Crippen LogP contribution in [0.4, 0.5) is 0 Å². The Balaban J connectivity index is 1.54. The van der Waals surface area contributed by atoms with Gasteiger partial charge in [0.05, 0.1) is 10.0 Å². The standard InChI is InChI=1S/C23H20Br2N2O4/c1-15-11-17(24)12-19(25)22(15)31-14-21(28)26-27-23(29)18-9-5-6-10-20(18)30-13-16-7-3-2-4-8-16/h2-12H,13-14H2,1H3,(H,26,28)(H,27,29). The first-order valence-electron chi connectivity index (χ1n) is 9.37. The molecule has 0 aliphatic rings. The van der Waals surface area contributed by atoms with E-state index in [0.29, 0.717) is 23.7 Å². The van der Waals surface area contributed by atoms with Crippen LogP contribution in [0.25, 0.3) is 0 Å². The molecule has 0 heterocycles. The smallest absolute Gasteiger partial charge is 0.276 e. The molecule has 3 aromatic rings. The molecule has 160 valence electrons. The highest BCUT2D eigenvalue weighted by atomic mass is 79.9. The maximum absolute atomic E-state index is 12.5. The van der Waals surface area contributed by atoms with Crippen LogP contribution in [0.3, 0.4) is 0 Å². The summed E-state index contributed by atoms with van der Waals surface area (Å²) in [6, 6.07) is 20.2. The normalized spacial score (nSPS) is 10.3. The highest BCUT2D eigenvalue weighted by molar-refractivity contribution is 9.11. The SMILES string of the molecule is Cc1cc(Br)cc(Br)c1OCC(=O)NNC(=O)c1ccccc1OCc1ccccc1. The van der Waals surface area contributed by atoms with Crippen LogP contribution in [-0.4, -0.2) is 18.4 Å². The number of amides is 2. The summed E-state index contributed by atoms with van der Waals surface area (Å²) in [6.07, 6.45) is 0. The van der Waals surface area contributed by atoms with Gasteiger partial charge in [-0.15, -0.1) is 0 Å². The van der Waals surface area contributed by atoms with Gasteiger partial charge in [0.2, 0.25) is 0 Å². The van der Waals surface area contributed by atoms with Crippen molar-refractivity contribution in [3.63, 3.8) is 0 Å². The molecule has 0 radical (unpaired) electrons. The third kappa shape index (κ3) is 6.57. The molecule has 8 heteroatoms. The lowest BCUT2D eigenvalue weighted by Gasteiger charge is -2.14. The van der Waals surface area contributed by atoms with Crippen LogP contribution in [0.5, 0.6) is 11.5 Å². The van der Waals surface area contributed by atoms with E-state index in [0.717, 1.165) is 20.1 Å². The van der Waals surface area contributed by atoms with Gasteiger partial charge in [-0.1, -0.05) is 58.4 Å². The number of benzene rings is 3. The topological polar surface area (TPSA) is 76.7 Å². The lowest BCUT2D eigenvalue weighted by Crippen LogP contribution is -2.44. The van der Waals surface area contributed by atoms with Crippen LogP contribution < -0.4 is 20.3 Å². The third-order valence-corrected chi connectivity index (χ3v) is 5.27. The summed E-state index contributed by atoms with van der Waals surface area (Å²) in [5.74, 6) is -0.00336. The van der Waals surface area contributed by atoms with E-state index in [2.05, 4.69) is 42.7 Å². The van der Waals surface area contributed by atoms with Crippen molar-refractivity contribution < 1.29 is 19.1 Å². The number of ether oxygens (including phenoxy) is 2. The number of hydrogen-bond donors (Lipinski definition) is 2. The first-order valence-corrected chi connectivity index (χ1v) is 11.0. The van der Waals surface area contributed by atoms with Gasteiger partial charge in [-0.05, 0) is 58.2 Å². The van der Waals surface area contributed by atoms with E-state index in [-0.39, 0.29) is 6.61 Å². The van der Waals surface area contributed by atoms with Crippen molar-refractivity contribution in [1.82, 2.24) is 10.9 Å². The molecular weight excluding hydrogens is 528 g/mol. The predicted octanol–water partition coefficient (Wildman–Crippen LogP) is 4.94. The van der Waals surface area contributed by atoms with Crippen molar-refractivity contribution in [3.8, 4) is 11.5 Å². The predicted molar refractivity (Wildman–Crippen MR) is 125 cm³/mol. The number of hydrogen-bond acceptors (Lipinski definition) is 4. The fourth-order valence-electron chi connectivity index (χ4n) is 2.75. The van der Waals surface area contributed by atoms with Crippen molar-refractivity contribution in [1.29, 1.82) is 0 Å². The summed E-state index contributed by atoms with van der Waals surface area (Å²) in [5.41, 5.74) is 6.91. The van der Waals surface area contributed by atoms with Crippen LogP contribution in [0.15, 0.2) is 75.7 Å². The summed E-state index contributed by atoms with van der Waals surface area (Å²) in [7, 11) is 0. The zero-order valence-corrected chi connectivity index (χ0v) is 19.8. The van der Waals surface area contributed by atoms with E-state index in [1.54, 1.807) is 24.3 Å². The minimum atomic E-state index is -0.495. The van der Waals surface area contributed by atoms with E-state index in [1.165, 1.54) is 0 Å². The molecule has 0 aliphatic carbocycles. The quantitative estimate of drug-likeness (QED) is 0.411. The van der Waals surface area contributed by atoms with Gasteiger partial charge in [0.15, 0.2) is 6.61 Å². The Bertz CT molecular complexity index is 1050. The van der Waals surface area contributed by atoms with E-state index < -0.39 is 11.8 Å². The summed E-state index contributed by atoms with van der Waals surface area (Å²) in [6.45, 7) is 1.94. The summed E-state index contributed by atoms with van der Waals surface area (Å²) < 4.78 is 13.0. The van der Waals surface area contributed by atoms with Crippen LogP contribution in [0.2, 0.25) is 0 Å². The lowest BCUT2D eigenvalue weighted by atomic mass is 10.2. The Morgan fingerprint density at radius 2 is 1.61 bits per heavy atom. The molecule has 2 N–H and O–H groups in total. The minimum Gasteiger partial charge on any atom is -0.488 e. The van der Waals surface area contributed by atoms with Crippen molar-refractivity contribution in [2.24, 2.45) is 0 Å². The van der Waals surface area contributed by atoms with Gasteiger partial charge >= 0.3 is 0 Å². The summed E-state index contributed by atoms with van der Waals surface area (Å²) in [4.78, 5) is 24.7. The average Bonchev–Trinajstić information content (AvgIpc) is 2.76. The molecule has 3 rings (SSSR count). The van der Waals surface area contributed by atoms with Crippen LogP contribution in [-0.2, 0) is 11.4 Å². The Kier molecular flexibility index (Phi) is 8.08. The molecule has 0 saturated carbocycles. The van der Waals surface area contributed by atoms with E-state index in [9.17, 15) is 9.59 Å². The van der Waals surface area contributed by atoms with Crippen molar-refractivity contribution >= 4 is 43.7 Å². The molecule has 0 aromatic heterocycles. The van der Waals surface area contributed by atoms with Crippen molar-refractivity contribution in [3.05, 3.63) is 92.4 Å². The Morgan fingerprint density at radius 3 is 2.35 bits per heavy atom. The molecule has 0 bridgehead atoms. The number of para-hydroxylation sites is 1. The highest BCUT2D eigenvalue weighted by Gasteiger charge is 2.14. The average molecular weight is 548 g/mol. The van der Waals surface area contributed by atoms with Gasteiger partial charge in [0, 0.05) is 4.47 Å². The van der Waals surface area contributed by atoms with Gasteiger partial charge in [-0.2, -0.15) is 0 Å². The molecule has 0 aliphatic heterocycles. The monoisotopic (exact) mass is 546 g/mol. The first kappa shape index (κ1) is 22.8. The number of rotatable bonds is 7. The number of halogens is 2. The second-order valence-electron chi connectivity index (χ2n) is 6.60. The first-order chi connectivity index (χ1) is 14.9. The second kappa shape index (κ2) is 11.0. The molecule has 2 amide bonds. The minimum absolute atomic E-state index is 0.256. The largest absolute Gasteiger partial charge is 0.488 e. The van der Waals surface area contributed by atoms with E-state index in [1.807, 2.05) is 49.4 Å². The van der Waals surface area contributed by atoms with Gasteiger partial charge in [0.1, 0.15) is 18.1 Å². The number of nitrogens with one attached hydrogen (secondary N) is 2.